The van der Waals surface area contributed by atoms with Gasteiger partial charge in [0.2, 0.25) is 0 Å². The topological polar surface area (TPSA) is 59.4 Å². The molecule has 0 aromatic heterocycles. The first kappa shape index (κ1) is 20.2. The highest BCUT2D eigenvalue weighted by atomic mass is 35.5. The van der Waals surface area contributed by atoms with Crippen LogP contribution >= 0.6 is 12.4 Å². The lowest BCUT2D eigenvalue weighted by atomic mass is 9.97. The van der Waals surface area contributed by atoms with E-state index in [0.29, 0.717) is 0 Å². The molecule has 1 aromatic rings. The van der Waals surface area contributed by atoms with Gasteiger partial charge in [0.1, 0.15) is 0 Å². The number of nitrogens with one attached hydrogen (secondary N) is 1. The van der Waals surface area contributed by atoms with Gasteiger partial charge in [0.15, 0.2) is 11.8 Å². The van der Waals surface area contributed by atoms with E-state index < -0.39 is 29.5 Å². The lowest BCUT2D eigenvalue weighted by Crippen LogP contribution is -2.26. The highest BCUT2D eigenvalue weighted by molar-refractivity contribution is 6.02. The average molecular weight is 340 g/mol. The van der Waals surface area contributed by atoms with Gasteiger partial charge in [0, 0.05) is 0 Å². The highest BCUT2D eigenvalue weighted by Crippen LogP contribution is 2.31. The van der Waals surface area contributed by atoms with Crippen LogP contribution in [0.4, 0.5) is 13.2 Å². The van der Waals surface area contributed by atoms with Crippen LogP contribution in [0, 0.1) is 5.41 Å². The molecule has 0 fully saturated rings. The Hall–Kier alpha value is -1.76. The van der Waals surface area contributed by atoms with Crippen LogP contribution in [0.2, 0.25) is 0 Å². The highest BCUT2D eigenvalue weighted by Gasteiger charge is 2.34. The summed E-state index contributed by atoms with van der Waals surface area (Å²) in [5.74, 6) is -2.54. The third-order valence-electron chi connectivity index (χ3n) is 2.63. The number of carbonyl (C=O) groups is 1. The van der Waals surface area contributed by atoms with Gasteiger partial charge in [0.05, 0.1) is 18.8 Å². The summed E-state index contributed by atoms with van der Waals surface area (Å²) in [5.41, 5.74) is -0.875. The van der Waals surface area contributed by atoms with Crippen molar-refractivity contribution in [2.45, 2.75) is 25.9 Å². The van der Waals surface area contributed by atoms with E-state index in [-0.39, 0.29) is 31.2 Å². The van der Waals surface area contributed by atoms with Crippen molar-refractivity contribution in [2.24, 2.45) is 0 Å². The smallest absolute Gasteiger partial charge is 0.416 e. The van der Waals surface area contributed by atoms with Crippen molar-refractivity contribution in [3.63, 3.8) is 0 Å². The van der Waals surface area contributed by atoms with Crippen molar-refractivity contribution < 1.29 is 27.4 Å². The second-order valence-electron chi connectivity index (χ2n) is 4.11. The Kier molecular flexibility index (Phi) is 7.94. The van der Waals surface area contributed by atoms with E-state index in [4.69, 9.17) is 14.9 Å². The Morgan fingerprint density at radius 2 is 1.82 bits per heavy atom. The van der Waals surface area contributed by atoms with Crippen molar-refractivity contribution in [1.82, 2.24) is 0 Å². The molecule has 1 unspecified atom stereocenters. The Labute approximate surface area is 132 Å². The Balaban J connectivity index is 0.00000441. The molecule has 1 aromatic carbocycles. The second kappa shape index (κ2) is 8.63. The van der Waals surface area contributed by atoms with Gasteiger partial charge < -0.3 is 9.47 Å². The quantitative estimate of drug-likeness (QED) is 0.504. The molecule has 0 saturated carbocycles. The molecule has 124 valence electrons. The zero-order chi connectivity index (χ0) is 16.0. The van der Waals surface area contributed by atoms with Gasteiger partial charge in [-0.2, -0.15) is 13.2 Å². The van der Waals surface area contributed by atoms with Crippen LogP contribution in [0.3, 0.4) is 0 Å². The molecule has 0 spiro atoms. The maximum absolute atomic E-state index is 12.7. The minimum Gasteiger partial charge on any atom is -0.481 e. The van der Waals surface area contributed by atoms with E-state index in [9.17, 15) is 18.0 Å². The van der Waals surface area contributed by atoms with Crippen molar-refractivity contribution in [3.8, 4) is 0 Å². The third-order valence-corrected chi connectivity index (χ3v) is 2.63. The number of rotatable bonds is 5. The molecule has 0 heterocycles. The second-order valence-corrected chi connectivity index (χ2v) is 4.11. The summed E-state index contributed by atoms with van der Waals surface area (Å²) in [5, 5.41) is 7.71. The molecule has 1 atom stereocenters. The standard InChI is InChI=1S/C14H16F3NO3.ClH/c1-3-20-12(18)11(13(19)21-4-2)9-6-5-7-10(8-9)14(15,16)17;/h5-8,11,18H,3-4H2,1-2H3;1H. The Morgan fingerprint density at radius 1 is 1.23 bits per heavy atom. The monoisotopic (exact) mass is 339 g/mol. The van der Waals surface area contributed by atoms with Gasteiger partial charge in [-0.3, -0.25) is 10.2 Å². The molecule has 0 aliphatic carbocycles. The Bertz CT molecular complexity index is 502. The number of esters is 1. The van der Waals surface area contributed by atoms with E-state index in [1.54, 1.807) is 13.8 Å². The summed E-state index contributed by atoms with van der Waals surface area (Å²) >= 11 is 0. The Morgan fingerprint density at radius 3 is 2.32 bits per heavy atom. The number of halogens is 4. The average Bonchev–Trinajstić information content (AvgIpc) is 2.39. The predicted molar refractivity (Wildman–Crippen MR) is 77.4 cm³/mol. The third kappa shape index (κ3) is 5.22. The number of ether oxygens (including phenoxy) is 2. The molecule has 1 N–H and O–H groups in total. The molecule has 0 radical (unpaired) electrons. The fourth-order valence-electron chi connectivity index (χ4n) is 1.75. The number of carbonyl (C=O) groups excluding carboxylic acids is 1. The van der Waals surface area contributed by atoms with Crippen molar-refractivity contribution in [1.29, 1.82) is 5.41 Å². The first-order chi connectivity index (χ1) is 9.81. The van der Waals surface area contributed by atoms with Crippen LogP contribution in [0.25, 0.3) is 0 Å². The van der Waals surface area contributed by atoms with Gasteiger partial charge in [-0.25, -0.2) is 0 Å². The fourth-order valence-corrected chi connectivity index (χ4v) is 1.75. The first-order valence-electron chi connectivity index (χ1n) is 6.36. The summed E-state index contributed by atoms with van der Waals surface area (Å²) < 4.78 is 47.9. The van der Waals surface area contributed by atoms with E-state index in [1.165, 1.54) is 12.1 Å². The fraction of sp³-hybridized carbons (Fsp3) is 0.429. The molecular formula is C14H17ClF3NO3. The summed E-state index contributed by atoms with van der Waals surface area (Å²) in [6, 6.07) is 4.25. The molecule has 1 rings (SSSR count). The summed E-state index contributed by atoms with van der Waals surface area (Å²) in [6.45, 7) is 3.38. The summed E-state index contributed by atoms with van der Waals surface area (Å²) in [6.07, 6.45) is -4.52. The number of alkyl halides is 3. The lowest BCUT2D eigenvalue weighted by Gasteiger charge is -2.18. The van der Waals surface area contributed by atoms with Gasteiger partial charge in [-0.1, -0.05) is 18.2 Å². The lowest BCUT2D eigenvalue weighted by molar-refractivity contribution is -0.144. The molecular weight excluding hydrogens is 323 g/mol. The van der Waals surface area contributed by atoms with Crippen molar-refractivity contribution >= 4 is 24.3 Å². The summed E-state index contributed by atoms with van der Waals surface area (Å²) in [7, 11) is 0. The maximum atomic E-state index is 12.7. The number of hydrogen-bond acceptors (Lipinski definition) is 4. The summed E-state index contributed by atoms with van der Waals surface area (Å²) in [4.78, 5) is 11.9. The normalized spacial score (nSPS) is 12.0. The van der Waals surface area contributed by atoms with Crippen molar-refractivity contribution in [3.05, 3.63) is 35.4 Å². The molecule has 0 aliphatic heterocycles. The van der Waals surface area contributed by atoms with Crippen LogP contribution in [-0.4, -0.2) is 25.1 Å². The van der Waals surface area contributed by atoms with E-state index in [2.05, 4.69) is 0 Å². The van der Waals surface area contributed by atoms with Gasteiger partial charge in [-0.05, 0) is 25.5 Å². The molecule has 0 amide bonds. The van der Waals surface area contributed by atoms with E-state index in [0.717, 1.165) is 12.1 Å². The van der Waals surface area contributed by atoms with E-state index in [1.807, 2.05) is 0 Å². The first-order valence-corrected chi connectivity index (χ1v) is 6.36. The van der Waals surface area contributed by atoms with Crippen LogP contribution in [0.5, 0.6) is 0 Å². The maximum Gasteiger partial charge on any atom is 0.416 e. The van der Waals surface area contributed by atoms with E-state index >= 15 is 0 Å². The molecule has 8 heteroatoms. The molecule has 0 aliphatic rings. The molecule has 0 saturated heterocycles. The molecule has 4 nitrogen and oxygen atoms in total. The van der Waals surface area contributed by atoms with Gasteiger partial charge >= 0.3 is 12.1 Å². The number of benzene rings is 1. The number of hydrogen-bond donors (Lipinski definition) is 1. The van der Waals surface area contributed by atoms with Crippen LogP contribution in [0.15, 0.2) is 24.3 Å². The minimum absolute atomic E-state index is 0. The zero-order valence-electron chi connectivity index (χ0n) is 12.1. The molecule has 0 bridgehead atoms. The van der Waals surface area contributed by atoms with Gasteiger partial charge in [0.25, 0.3) is 0 Å². The SMILES string of the molecule is CCOC(=N)C(C(=O)OCC)c1cccc(C(F)(F)F)c1.Cl. The largest absolute Gasteiger partial charge is 0.481 e. The minimum atomic E-state index is -4.52. The predicted octanol–water partition coefficient (Wildman–Crippen LogP) is 3.79. The molecule has 22 heavy (non-hydrogen) atoms. The van der Waals surface area contributed by atoms with Gasteiger partial charge in [-0.15, -0.1) is 12.4 Å². The van der Waals surface area contributed by atoms with Crippen LogP contribution in [0.1, 0.15) is 30.9 Å². The van der Waals surface area contributed by atoms with Crippen molar-refractivity contribution in [2.75, 3.05) is 13.2 Å². The zero-order valence-corrected chi connectivity index (χ0v) is 12.9. The van der Waals surface area contributed by atoms with Crippen LogP contribution < -0.4 is 0 Å². The van der Waals surface area contributed by atoms with Crippen LogP contribution in [-0.2, 0) is 20.4 Å².